The molecule has 0 bridgehead atoms. The molecular weight excluding hydrogens is 284 g/mol. The van der Waals surface area contributed by atoms with Crippen molar-refractivity contribution in [3.8, 4) is 0 Å². The number of nitrogens with zero attached hydrogens (tertiary/aromatic N) is 1. The molecule has 0 radical (unpaired) electrons. The Morgan fingerprint density at radius 2 is 2.11 bits per heavy atom. The third kappa shape index (κ3) is 3.22. The Bertz CT molecular complexity index is 556. The van der Waals surface area contributed by atoms with Crippen molar-refractivity contribution in [1.82, 2.24) is 4.31 Å². The molecule has 2 rings (SSSR count). The van der Waals surface area contributed by atoms with Gasteiger partial charge in [-0.15, -0.1) is 0 Å². The third-order valence-electron chi connectivity index (χ3n) is 3.23. The lowest BCUT2D eigenvalue weighted by Gasteiger charge is -2.22. The van der Waals surface area contributed by atoms with Crippen LogP contribution in [0.15, 0.2) is 23.1 Å². The molecule has 0 saturated heterocycles. The van der Waals surface area contributed by atoms with E-state index in [0.717, 1.165) is 25.7 Å². The van der Waals surface area contributed by atoms with Crippen LogP contribution < -0.4 is 5.73 Å². The molecule has 0 heterocycles. The van der Waals surface area contributed by atoms with Gasteiger partial charge in [0.15, 0.2) is 0 Å². The highest BCUT2D eigenvalue weighted by molar-refractivity contribution is 7.89. The maximum Gasteiger partial charge on any atom is 0.244 e. The molecule has 2 N–H and O–H groups in total. The Hall–Kier alpha value is -0.780. The zero-order valence-corrected chi connectivity index (χ0v) is 12.5. The van der Waals surface area contributed by atoms with Gasteiger partial charge in [0.2, 0.25) is 10.0 Å². The summed E-state index contributed by atoms with van der Waals surface area (Å²) in [6, 6.07) is 4.72. The Kier molecular flexibility index (Phi) is 4.38. The Labute approximate surface area is 119 Å². The van der Waals surface area contributed by atoms with Gasteiger partial charge in [0.05, 0.1) is 5.02 Å². The summed E-state index contributed by atoms with van der Waals surface area (Å²) >= 11 is 6.02. The molecule has 6 heteroatoms. The van der Waals surface area contributed by atoms with E-state index >= 15 is 0 Å². The number of rotatable bonds is 6. The van der Waals surface area contributed by atoms with Crippen molar-refractivity contribution >= 4 is 27.3 Å². The molecule has 0 aromatic heterocycles. The summed E-state index contributed by atoms with van der Waals surface area (Å²) in [4.78, 5) is 0.122. The smallest absolute Gasteiger partial charge is 0.244 e. The number of hydrogen-bond acceptors (Lipinski definition) is 3. The standard InChI is InChI=1S/C13H19ClN2O2S/c1-2-3-8-16(11-5-6-11)19(17,18)13-9-10(15)4-7-12(13)14/h4,7,9,11H,2-3,5-6,8,15H2,1H3. The topological polar surface area (TPSA) is 63.4 Å². The van der Waals surface area contributed by atoms with Crippen molar-refractivity contribution in [1.29, 1.82) is 0 Å². The van der Waals surface area contributed by atoms with E-state index in [1.807, 2.05) is 6.92 Å². The molecule has 1 aromatic carbocycles. The molecule has 4 nitrogen and oxygen atoms in total. The zero-order valence-electron chi connectivity index (χ0n) is 11.0. The van der Waals surface area contributed by atoms with Crippen LogP contribution in [-0.2, 0) is 10.0 Å². The van der Waals surface area contributed by atoms with Crippen molar-refractivity contribution < 1.29 is 8.42 Å². The number of unbranched alkanes of at least 4 members (excludes halogenated alkanes) is 1. The highest BCUT2D eigenvalue weighted by Gasteiger charge is 2.38. The molecule has 106 valence electrons. The number of nitrogen functional groups attached to an aromatic ring is 1. The van der Waals surface area contributed by atoms with Crippen LogP contribution in [0, 0.1) is 0 Å². The number of hydrogen-bond donors (Lipinski definition) is 1. The van der Waals surface area contributed by atoms with Crippen LogP contribution in [0.3, 0.4) is 0 Å². The second-order valence-electron chi connectivity index (χ2n) is 4.89. The van der Waals surface area contributed by atoms with E-state index in [0.29, 0.717) is 12.2 Å². The minimum Gasteiger partial charge on any atom is -0.399 e. The Morgan fingerprint density at radius 3 is 2.68 bits per heavy atom. The number of halogens is 1. The van der Waals surface area contributed by atoms with Gasteiger partial charge in [-0.25, -0.2) is 8.42 Å². The van der Waals surface area contributed by atoms with Crippen molar-refractivity contribution in [3.05, 3.63) is 23.2 Å². The average Bonchev–Trinajstić information content (AvgIpc) is 3.17. The highest BCUT2D eigenvalue weighted by Crippen LogP contribution is 2.35. The molecule has 0 amide bonds. The van der Waals surface area contributed by atoms with Gasteiger partial charge in [0.1, 0.15) is 4.90 Å². The van der Waals surface area contributed by atoms with Crippen LogP contribution in [0.2, 0.25) is 5.02 Å². The van der Waals surface area contributed by atoms with Crippen LogP contribution in [0.4, 0.5) is 5.69 Å². The highest BCUT2D eigenvalue weighted by atomic mass is 35.5. The summed E-state index contributed by atoms with van der Waals surface area (Å²) in [6.45, 7) is 2.60. The van der Waals surface area contributed by atoms with Crippen molar-refractivity contribution in [2.75, 3.05) is 12.3 Å². The molecule has 1 aromatic rings. The lowest BCUT2D eigenvalue weighted by atomic mass is 10.3. The number of anilines is 1. The number of benzene rings is 1. The molecule has 1 fully saturated rings. The second kappa shape index (κ2) is 5.69. The quantitative estimate of drug-likeness (QED) is 0.822. The van der Waals surface area contributed by atoms with Crippen LogP contribution in [0.25, 0.3) is 0 Å². The fraction of sp³-hybridized carbons (Fsp3) is 0.538. The average molecular weight is 303 g/mol. The maximum absolute atomic E-state index is 12.7. The first-order chi connectivity index (χ1) is 8.96. The van der Waals surface area contributed by atoms with E-state index in [-0.39, 0.29) is 16.0 Å². The van der Waals surface area contributed by atoms with Gasteiger partial charge in [-0.3, -0.25) is 0 Å². The normalized spacial score (nSPS) is 15.9. The van der Waals surface area contributed by atoms with Gasteiger partial charge in [-0.05, 0) is 37.5 Å². The van der Waals surface area contributed by atoms with Crippen molar-refractivity contribution in [3.63, 3.8) is 0 Å². The fourth-order valence-electron chi connectivity index (χ4n) is 2.02. The lowest BCUT2D eigenvalue weighted by Crippen LogP contribution is -2.34. The van der Waals surface area contributed by atoms with Gasteiger partial charge < -0.3 is 5.73 Å². The van der Waals surface area contributed by atoms with E-state index in [9.17, 15) is 8.42 Å². The number of sulfonamides is 1. The molecular formula is C13H19ClN2O2S. The minimum atomic E-state index is -3.54. The predicted octanol–water partition coefficient (Wildman–Crippen LogP) is 2.88. The minimum absolute atomic E-state index is 0.122. The van der Waals surface area contributed by atoms with E-state index in [4.69, 9.17) is 17.3 Å². The Balaban J connectivity index is 2.35. The van der Waals surface area contributed by atoms with Crippen molar-refractivity contribution in [2.45, 2.75) is 43.5 Å². The third-order valence-corrected chi connectivity index (χ3v) is 5.66. The zero-order chi connectivity index (χ0) is 14.0. The van der Waals surface area contributed by atoms with Crippen LogP contribution >= 0.6 is 11.6 Å². The molecule has 0 unspecified atom stereocenters. The van der Waals surface area contributed by atoms with E-state index in [1.165, 1.54) is 12.1 Å². The van der Waals surface area contributed by atoms with Gasteiger partial charge in [0.25, 0.3) is 0 Å². The summed E-state index contributed by atoms with van der Waals surface area (Å²) < 4.78 is 26.9. The first-order valence-electron chi connectivity index (χ1n) is 6.53. The molecule has 1 aliphatic carbocycles. The van der Waals surface area contributed by atoms with Gasteiger partial charge in [-0.2, -0.15) is 4.31 Å². The molecule has 0 spiro atoms. The number of nitrogens with two attached hydrogens (primary N) is 1. The van der Waals surface area contributed by atoms with E-state index in [2.05, 4.69) is 0 Å². The van der Waals surface area contributed by atoms with Gasteiger partial charge in [-0.1, -0.05) is 24.9 Å². The second-order valence-corrected chi connectivity index (χ2v) is 7.16. The van der Waals surface area contributed by atoms with Crippen LogP contribution in [0.5, 0.6) is 0 Å². The summed E-state index contributed by atoms with van der Waals surface area (Å²) in [5, 5.41) is 0.233. The van der Waals surface area contributed by atoms with Gasteiger partial charge in [0, 0.05) is 18.3 Å². The van der Waals surface area contributed by atoms with Crippen LogP contribution in [-0.4, -0.2) is 25.3 Å². The molecule has 0 aliphatic heterocycles. The summed E-state index contributed by atoms with van der Waals surface area (Å²) in [5.41, 5.74) is 6.09. The van der Waals surface area contributed by atoms with E-state index < -0.39 is 10.0 Å². The summed E-state index contributed by atoms with van der Waals surface area (Å²) in [5.74, 6) is 0. The maximum atomic E-state index is 12.7. The Morgan fingerprint density at radius 1 is 1.42 bits per heavy atom. The molecule has 1 aliphatic rings. The van der Waals surface area contributed by atoms with Crippen molar-refractivity contribution in [2.24, 2.45) is 0 Å². The monoisotopic (exact) mass is 302 g/mol. The largest absolute Gasteiger partial charge is 0.399 e. The first kappa shape index (κ1) is 14.6. The first-order valence-corrected chi connectivity index (χ1v) is 8.35. The fourth-order valence-corrected chi connectivity index (χ4v) is 4.25. The molecule has 1 saturated carbocycles. The summed E-state index contributed by atoms with van der Waals surface area (Å²) in [6.07, 6.45) is 3.69. The predicted molar refractivity (Wildman–Crippen MR) is 77.7 cm³/mol. The lowest BCUT2D eigenvalue weighted by molar-refractivity contribution is 0.396. The summed E-state index contributed by atoms with van der Waals surface area (Å²) in [7, 11) is -3.54. The van der Waals surface area contributed by atoms with Gasteiger partial charge >= 0.3 is 0 Å². The SMILES string of the molecule is CCCCN(C1CC1)S(=O)(=O)c1cc(N)ccc1Cl. The van der Waals surface area contributed by atoms with E-state index in [1.54, 1.807) is 10.4 Å². The molecule has 19 heavy (non-hydrogen) atoms. The van der Waals surface area contributed by atoms with Crippen LogP contribution in [0.1, 0.15) is 32.6 Å². The molecule has 0 atom stereocenters.